The van der Waals surface area contributed by atoms with Gasteiger partial charge in [0.05, 0.1) is 13.2 Å². The summed E-state index contributed by atoms with van der Waals surface area (Å²) in [5, 5.41) is 0. The van der Waals surface area contributed by atoms with E-state index < -0.39 is 63.6 Å². The number of halogens is 7. The van der Waals surface area contributed by atoms with Crippen LogP contribution in [0.4, 0.5) is 26.3 Å². The molecule has 16 heteroatoms. The smallest absolute Gasteiger partial charge is 0.379 e. The van der Waals surface area contributed by atoms with Crippen molar-refractivity contribution in [3.05, 3.63) is 0 Å². The molecule has 0 spiro atoms. The molecule has 2 N–H and O–H groups in total. The van der Waals surface area contributed by atoms with E-state index in [4.69, 9.17) is 21.2 Å². The quantitative estimate of drug-likeness (QED) is 0.403. The largest absolute Gasteiger partial charge is 0.498 e. The summed E-state index contributed by atoms with van der Waals surface area (Å²) in [5.74, 6) is 0.326. The third kappa shape index (κ3) is 7.22. The van der Waals surface area contributed by atoms with Crippen LogP contribution < -0.4 is 5.73 Å². The molecular formula is C10H18ClF6NO5S3. The van der Waals surface area contributed by atoms with E-state index in [1.165, 1.54) is 0 Å². The Morgan fingerprint density at radius 2 is 1.35 bits per heavy atom. The summed E-state index contributed by atoms with van der Waals surface area (Å²) in [5.41, 5.74) is -7.12. The highest BCUT2D eigenvalue weighted by molar-refractivity contribution is 8.50. The second-order valence-electron chi connectivity index (χ2n) is 5.59. The van der Waals surface area contributed by atoms with Crippen LogP contribution in [0.25, 0.3) is 0 Å². The van der Waals surface area contributed by atoms with Gasteiger partial charge in [0.25, 0.3) is 19.7 Å². The zero-order valence-corrected chi connectivity index (χ0v) is 16.7. The van der Waals surface area contributed by atoms with Gasteiger partial charge in [0.2, 0.25) is 0 Å². The molecule has 0 aliphatic carbocycles. The molecule has 0 heterocycles. The molecule has 0 aromatic carbocycles. The van der Waals surface area contributed by atoms with E-state index >= 15 is 0 Å². The van der Waals surface area contributed by atoms with E-state index in [0.29, 0.717) is 5.75 Å². The van der Waals surface area contributed by atoms with Gasteiger partial charge in [-0.15, -0.1) is 0 Å². The first-order chi connectivity index (χ1) is 11.2. The molecule has 26 heavy (non-hydrogen) atoms. The second kappa shape index (κ2) is 8.59. The molecular weight excluding hydrogens is 460 g/mol. The van der Waals surface area contributed by atoms with E-state index in [0.717, 1.165) is 0 Å². The van der Waals surface area contributed by atoms with Gasteiger partial charge in [-0.1, -0.05) is 10.7 Å². The van der Waals surface area contributed by atoms with Gasteiger partial charge >= 0.3 is 11.0 Å². The molecule has 0 fully saturated rings. The molecule has 0 bridgehead atoms. The topological polar surface area (TPSA) is 104 Å². The summed E-state index contributed by atoms with van der Waals surface area (Å²) in [6.45, 7) is -0.689. The second-order valence-corrected chi connectivity index (χ2v) is 15.9. The Bertz CT molecular complexity index is 627. The number of hydrogen-bond donors (Lipinski definition) is 1. The van der Waals surface area contributed by atoms with E-state index in [1.807, 2.05) is 0 Å². The minimum Gasteiger partial charge on any atom is -0.379 e. The summed E-state index contributed by atoms with van der Waals surface area (Å²) >= 11 is 0. The van der Waals surface area contributed by atoms with Crippen LogP contribution in [0.1, 0.15) is 6.42 Å². The van der Waals surface area contributed by atoms with Gasteiger partial charge in [-0.2, -0.15) is 35.6 Å². The standard InChI is InChI=1S/C10H18ClF6NO5S3/c1-24(2,11)4-3-23-6-7(18)5-8(25(19,20)9(12,13)14)26(21,22)10(15,16)17/h7-8H,3-6,18H2,1-2H3. The Morgan fingerprint density at radius 1 is 0.962 bits per heavy atom. The van der Waals surface area contributed by atoms with Gasteiger partial charge in [0, 0.05) is 11.8 Å². The van der Waals surface area contributed by atoms with Gasteiger partial charge in [-0.05, 0) is 18.9 Å². The monoisotopic (exact) mass is 477 g/mol. The lowest BCUT2D eigenvalue weighted by Crippen LogP contribution is -2.48. The summed E-state index contributed by atoms with van der Waals surface area (Å²) in [4.78, 5) is 0. The molecule has 1 unspecified atom stereocenters. The van der Waals surface area contributed by atoms with Crippen molar-refractivity contribution in [2.24, 2.45) is 5.73 Å². The van der Waals surface area contributed by atoms with Crippen molar-refractivity contribution in [3.63, 3.8) is 0 Å². The number of hydrogen-bond acceptors (Lipinski definition) is 6. The Balaban J connectivity index is 5.42. The van der Waals surface area contributed by atoms with Crippen LogP contribution in [-0.4, -0.2) is 70.0 Å². The maximum Gasteiger partial charge on any atom is 0.498 e. The average Bonchev–Trinajstić information content (AvgIpc) is 2.36. The lowest BCUT2D eigenvalue weighted by atomic mass is 10.2. The van der Waals surface area contributed by atoms with Gasteiger partial charge in [-0.3, -0.25) is 0 Å². The van der Waals surface area contributed by atoms with Crippen molar-refractivity contribution in [3.8, 4) is 0 Å². The number of rotatable bonds is 9. The Hall–Kier alpha value is 0.0400. The normalized spacial score (nSPS) is 16.7. The molecule has 0 rings (SSSR count). The van der Waals surface area contributed by atoms with Crippen LogP contribution >= 0.6 is 19.9 Å². The highest BCUT2D eigenvalue weighted by atomic mass is 35.7. The predicted octanol–water partition coefficient (Wildman–Crippen LogP) is 2.13. The zero-order valence-electron chi connectivity index (χ0n) is 13.5. The minimum absolute atomic E-state index is 0.0394. The van der Waals surface area contributed by atoms with Gasteiger partial charge < -0.3 is 10.5 Å². The molecule has 0 saturated carbocycles. The van der Waals surface area contributed by atoms with Crippen molar-refractivity contribution >= 4 is 39.6 Å². The van der Waals surface area contributed by atoms with Crippen LogP contribution in [0.15, 0.2) is 0 Å². The van der Waals surface area contributed by atoms with Crippen LogP contribution in [0.5, 0.6) is 0 Å². The molecule has 0 saturated heterocycles. The van der Waals surface area contributed by atoms with Crippen molar-refractivity contribution in [2.45, 2.75) is 28.1 Å². The molecule has 0 aromatic rings. The number of nitrogens with two attached hydrogens (primary N) is 1. The fourth-order valence-corrected chi connectivity index (χ4v) is 5.81. The molecule has 0 aromatic heterocycles. The highest BCUT2D eigenvalue weighted by Crippen LogP contribution is 2.44. The van der Waals surface area contributed by atoms with Crippen molar-refractivity contribution < 1.29 is 47.9 Å². The zero-order chi connectivity index (χ0) is 21.2. The maximum absolute atomic E-state index is 12.6. The van der Waals surface area contributed by atoms with E-state index in [2.05, 4.69) is 0 Å². The number of alkyl halides is 6. The number of sulfone groups is 2. The van der Waals surface area contributed by atoms with E-state index in [-0.39, 0.29) is 6.61 Å². The summed E-state index contributed by atoms with van der Waals surface area (Å²) in [7, 11) is -8.97. The molecule has 0 amide bonds. The lowest BCUT2D eigenvalue weighted by Gasteiger charge is -2.24. The number of ether oxygens (including phenoxy) is 1. The van der Waals surface area contributed by atoms with Crippen LogP contribution in [0, 0.1) is 0 Å². The lowest BCUT2D eigenvalue weighted by molar-refractivity contribution is -0.0474. The maximum atomic E-state index is 12.6. The molecule has 160 valence electrons. The average molecular weight is 478 g/mol. The van der Waals surface area contributed by atoms with Crippen LogP contribution in [0.3, 0.4) is 0 Å². The van der Waals surface area contributed by atoms with Gasteiger partial charge in [0.1, 0.15) is 0 Å². The summed E-state index contributed by atoms with van der Waals surface area (Å²) in [6, 6.07) is -1.71. The molecule has 0 aliphatic rings. The first-order valence-electron chi connectivity index (χ1n) is 6.58. The van der Waals surface area contributed by atoms with Gasteiger partial charge in [0.15, 0.2) is 4.58 Å². The van der Waals surface area contributed by atoms with Gasteiger partial charge in [-0.25, -0.2) is 16.8 Å². The van der Waals surface area contributed by atoms with Crippen LogP contribution in [-0.2, 0) is 24.4 Å². The van der Waals surface area contributed by atoms with Crippen molar-refractivity contribution in [2.75, 3.05) is 31.5 Å². The van der Waals surface area contributed by atoms with Crippen molar-refractivity contribution in [1.82, 2.24) is 0 Å². The minimum atomic E-state index is -6.69. The highest BCUT2D eigenvalue weighted by Gasteiger charge is 2.62. The molecule has 6 nitrogen and oxygen atoms in total. The SMILES string of the molecule is CS(C)(Cl)CCOCC(N)CC(S(=O)(=O)C(F)(F)F)S(=O)(=O)C(F)(F)F. The van der Waals surface area contributed by atoms with Crippen molar-refractivity contribution in [1.29, 1.82) is 0 Å². The summed E-state index contributed by atoms with van der Waals surface area (Å²) < 4.78 is 122. The molecule has 0 aliphatic heterocycles. The summed E-state index contributed by atoms with van der Waals surface area (Å²) in [6.07, 6.45) is 1.75. The van der Waals surface area contributed by atoms with Crippen LogP contribution in [0.2, 0.25) is 0 Å². The Kier molecular flexibility index (Phi) is 8.61. The fraction of sp³-hybridized carbons (Fsp3) is 1.00. The molecule has 1 atom stereocenters. The third-order valence-electron chi connectivity index (χ3n) is 2.88. The third-order valence-corrected chi connectivity index (χ3v) is 9.06. The first-order valence-corrected chi connectivity index (χ1v) is 13.1. The predicted molar refractivity (Wildman–Crippen MR) is 87.3 cm³/mol. The molecule has 0 radical (unpaired) electrons. The van der Waals surface area contributed by atoms with E-state index in [1.54, 1.807) is 12.5 Å². The Morgan fingerprint density at radius 3 is 1.65 bits per heavy atom. The Labute approximate surface area is 153 Å². The van der Waals surface area contributed by atoms with E-state index in [9.17, 15) is 43.2 Å². The fourth-order valence-electron chi connectivity index (χ4n) is 1.53. The first kappa shape index (κ1) is 26.0.